The van der Waals surface area contributed by atoms with Crippen molar-refractivity contribution in [2.24, 2.45) is 5.73 Å². The van der Waals surface area contributed by atoms with Crippen LogP contribution in [0.1, 0.15) is 5.56 Å². The molecule has 0 aliphatic rings. The van der Waals surface area contributed by atoms with Gasteiger partial charge in [-0.15, -0.1) is 0 Å². The number of nitrogens with zero attached hydrogens (tertiary/aromatic N) is 1. The van der Waals surface area contributed by atoms with E-state index in [1.165, 1.54) is 12.1 Å². The monoisotopic (exact) mass is 267 g/mol. The molecule has 3 rings (SSSR count). The van der Waals surface area contributed by atoms with Crippen LogP contribution in [-0.4, -0.2) is 9.97 Å². The summed E-state index contributed by atoms with van der Waals surface area (Å²) in [4.78, 5) is 7.61. The summed E-state index contributed by atoms with van der Waals surface area (Å²) >= 11 is 0. The maximum absolute atomic E-state index is 12.9. The first-order valence-electron chi connectivity index (χ1n) is 6.36. The first-order chi connectivity index (χ1) is 9.76. The van der Waals surface area contributed by atoms with Crippen LogP contribution in [0.5, 0.6) is 0 Å². The topological polar surface area (TPSA) is 54.7 Å². The number of rotatable bonds is 3. The third-order valence-electron chi connectivity index (χ3n) is 3.17. The maximum atomic E-state index is 12.9. The Kier molecular flexibility index (Phi) is 3.31. The van der Waals surface area contributed by atoms with Crippen LogP contribution in [0.25, 0.3) is 22.6 Å². The number of hydrogen-bond acceptors (Lipinski definition) is 2. The Morgan fingerprint density at radius 2 is 1.85 bits per heavy atom. The summed E-state index contributed by atoms with van der Waals surface area (Å²) in [6, 6.07) is 14.2. The van der Waals surface area contributed by atoms with E-state index in [0.29, 0.717) is 6.54 Å². The first kappa shape index (κ1) is 12.6. The molecular formula is C16H14FN3. The summed E-state index contributed by atoms with van der Waals surface area (Å²) < 4.78 is 12.9. The number of H-pyrrole nitrogens is 1. The molecule has 0 bridgehead atoms. The van der Waals surface area contributed by atoms with Crippen LogP contribution in [0.4, 0.5) is 4.39 Å². The Morgan fingerprint density at radius 3 is 2.60 bits per heavy atom. The van der Waals surface area contributed by atoms with E-state index in [1.807, 2.05) is 24.3 Å². The molecule has 0 atom stereocenters. The van der Waals surface area contributed by atoms with Crippen molar-refractivity contribution in [3.05, 3.63) is 66.1 Å². The Balaban J connectivity index is 1.95. The van der Waals surface area contributed by atoms with Crippen molar-refractivity contribution in [3.8, 4) is 22.6 Å². The molecule has 0 amide bonds. The Morgan fingerprint density at radius 1 is 1.05 bits per heavy atom. The van der Waals surface area contributed by atoms with Gasteiger partial charge >= 0.3 is 0 Å². The second-order valence-electron chi connectivity index (χ2n) is 4.56. The van der Waals surface area contributed by atoms with E-state index in [2.05, 4.69) is 9.97 Å². The van der Waals surface area contributed by atoms with E-state index in [-0.39, 0.29) is 5.82 Å². The van der Waals surface area contributed by atoms with E-state index >= 15 is 0 Å². The molecule has 0 aliphatic heterocycles. The predicted octanol–water partition coefficient (Wildman–Crippen LogP) is 3.34. The van der Waals surface area contributed by atoms with Gasteiger partial charge < -0.3 is 10.7 Å². The molecule has 20 heavy (non-hydrogen) atoms. The molecule has 3 N–H and O–H groups in total. The molecule has 0 unspecified atom stereocenters. The lowest BCUT2D eigenvalue weighted by atomic mass is 10.1. The van der Waals surface area contributed by atoms with Crippen LogP contribution in [0.15, 0.2) is 54.7 Å². The number of aromatic amines is 1. The Hall–Kier alpha value is -2.46. The summed E-state index contributed by atoms with van der Waals surface area (Å²) in [5.74, 6) is 0.531. The largest absolute Gasteiger partial charge is 0.338 e. The van der Waals surface area contributed by atoms with Crippen molar-refractivity contribution in [2.45, 2.75) is 6.54 Å². The third-order valence-corrected chi connectivity index (χ3v) is 3.17. The second-order valence-corrected chi connectivity index (χ2v) is 4.56. The zero-order chi connectivity index (χ0) is 13.9. The van der Waals surface area contributed by atoms with Gasteiger partial charge in [-0.3, -0.25) is 0 Å². The van der Waals surface area contributed by atoms with Crippen molar-refractivity contribution >= 4 is 0 Å². The van der Waals surface area contributed by atoms with E-state index < -0.39 is 0 Å². The fourth-order valence-corrected chi connectivity index (χ4v) is 2.09. The van der Waals surface area contributed by atoms with Gasteiger partial charge in [0, 0.05) is 12.1 Å². The van der Waals surface area contributed by atoms with Crippen molar-refractivity contribution in [2.75, 3.05) is 0 Å². The van der Waals surface area contributed by atoms with Crippen molar-refractivity contribution in [1.82, 2.24) is 9.97 Å². The van der Waals surface area contributed by atoms with Gasteiger partial charge in [0.25, 0.3) is 0 Å². The van der Waals surface area contributed by atoms with Gasteiger partial charge in [0.1, 0.15) is 11.6 Å². The standard InChI is InChI=1S/C16H14FN3/c17-14-6-4-12(5-7-14)15-10-19-16(20-15)13-3-1-2-11(8-13)9-18/h1-8,10H,9,18H2,(H,19,20). The molecular weight excluding hydrogens is 253 g/mol. The average Bonchev–Trinajstić information content (AvgIpc) is 2.98. The molecule has 1 heterocycles. The normalized spacial score (nSPS) is 10.7. The lowest BCUT2D eigenvalue weighted by Crippen LogP contribution is -1.96. The lowest BCUT2D eigenvalue weighted by molar-refractivity contribution is 0.628. The van der Waals surface area contributed by atoms with Crippen molar-refractivity contribution < 1.29 is 4.39 Å². The SMILES string of the molecule is NCc1cccc(-c2ncc(-c3ccc(F)cc3)[nH]2)c1. The molecule has 2 aromatic carbocycles. The van der Waals surface area contributed by atoms with Gasteiger partial charge in [-0.2, -0.15) is 0 Å². The maximum Gasteiger partial charge on any atom is 0.137 e. The summed E-state index contributed by atoms with van der Waals surface area (Å²) in [5, 5.41) is 0. The molecule has 3 nitrogen and oxygen atoms in total. The van der Waals surface area contributed by atoms with Gasteiger partial charge in [0.15, 0.2) is 0 Å². The lowest BCUT2D eigenvalue weighted by Gasteiger charge is -2.01. The van der Waals surface area contributed by atoms with E-state index in [9.17, 15) is 4.39 Å². The minimum Gasteiger partial charge on any atom is -0.338 e. The number of aromatic nitrogens is 2. The number of halogens is 1. The molecule has 3 aromatic rings. The predicted molar refractivity (Wildman–Crippen MR) is 77.3 cm³/mol. The molecule has 1 aromatic heterocycles. The van der Waals surface area contributed by atoms with Gasteiger partial charge in [-0.1, -0.05) is 18.2 Å². The number of hydrogen-bond donors (Lipinski definition) is 2. The zero-order valence-electron chi connectivity index (χ0n) is 10.8. The van der Waals surface area contributed by atoms with Crippen LogP contribution in [-0.2, 0) is 6.54 Å². The fourth-order valence-electron chi connectivity index (χ4n) is 2.09. The summed E-state index contributed by atoms with van der Waals surface area (Å²) in [5.41, 5.74) is 9.45. The second kappa shape index (κ2) is 5.27. The fraction of sp³-hybridized carbons (Fsp3) is 0.0625. The molecule has 0 radical (unpaired) electrons. The minimum absolute atomic E-state index is 0.246. The highest BCUT2D eigenvalue weighted by Crippen LogP contribution is 2.22. The third kappa shape index (κ3) is 2.46. The molecule has 0 spiro atoms. The Bertz CT molecular complexity index is 717. The van der Waals surface area contributed by atoms with Crippen molar-refractivity contribution in [3.63, 3.8) is 0 Å². The van der Waals surface area contributed by atoms with Crippen LogP contribution in [0.3, 0.4) is 0 Å². The quantitative estimate of drug-likeness (QED) is 0.764. The van der Waals surface area contributed by atoms with Gasteiger partial charge in [-0.05, 0) is 41.5 Å². The first-order valence-corrected chi connectivity index (χ1v) is 6.36. The highest BCUT2D eigenvalue weighted by Gasteiger charge is 2.06. The summed E-state index contributed by atoms with van der Waals surface area (Å²) in [6.45, 7) is 0.499. The molecule has 0 fully saturated rings. The van der Waals surface area contributed by atoms with Crippen LogP contribution < -0.4 is 5.73 Å². The van der Waals surface area contributed by atoms with Gasteiger partial charge in [0.05, 0.1) is 11.9 Å². The van der Waals surface area contributed by atoms with Crippen LogP contribution >= 0.6 is 0 Å². The zero-order valence-corrected chi connectivity index (χ0v) is 10.8. The molecule has 0 aliphatic carbocycles. The molecule has 0 saturated heterocycles. The van der Waals surface area contributed by atoms with E-state index in [1.54, 1.807) is 18.3 Å². The smallest absolute Gasteiger partial charge is 0.137 e. The highest BCUT2D eigenvalue weighted by molar-refractivity contribution is 5.64. The minimum atomic E-state index is -0.246. The number of benzene rings is 2. The molecule has 0 saturated carbocycles. The molecule has 100 valence electrons. The van der Waals surface area contributed by atoms with Crippen molar-refractivity contribution in [1.29, 1.82) is 0 Å². The van der Waals surface area contributed by atoms with Crippen LogP contribution in [0.2, 0.25) is 0 Å². The number of nitrogens with one attached hydrogen (secondary N) is 1. The van der Waals surface area contributed by atoms with E-state index in [4.69, 9.17) is 5.73 Å². The Labute approximate surface area is 116 Å². The number of imidazole rings is 1. The highest BCUT2D eigenvalue weighted by atomic mass is 19.1. The van der Waals surface area contributed by atoms with Crippen LogP contribution in [0, 0.1) is 5.82 Å². The molecule has 4 heteroatoms. The van der Waals surface area contributed by atoms with Gasteiger partial charge in [-0.25, -0.2) is 9.37 Å². The van der Waals surface area contributed by atoms with Gasteiger partial charge in [0.2, 0.25) is 0 Å². The summed E-state index contributed by atoms with van der Waals surface area (Å²) in [7, 11) is 0. The summed E-state index contributed by atoms with van der Waals surface area (Å²) in [6.07, 6.45) is 1.75. The average molecular weight is 267 g/mol. The van der Waals surface area contributed by atoms with E-state index in [0.717, 1.165) is 28.2 Å². The number of nitrogens with two attached hydrogens (primary N) is 1.